The van der Waals surface area contributed by atoms with E-state index in [1.165, 1.54) is 18.2 Å². The first-order chi connectivity index (χ1) is 8.99. The Morgan fingerprint density at radius 1 is 1.47 bits per heavy atom. The lowest BCUT2D eigenvalue weighted by molar-refractivity contribution is 0.0518. The van der Waals surface area contributed by atoms with E-state index >= 15 is 0 Å². The molecule has 1 aromatic carbocycles. The molecule has 1 saturated heterocycles. The maximum absolute atomic E-state index is 13.6. The molecule has 0 saturated carbocycles. The molecule has 0 spiro atoms. The Morgan fingerprint density at radius 2 is 2.11 bits per heavy atom. The summed E-state index contributed by atoms with van der Waals surface area (Å²) in [5.41, 5.74) is 5.99. The zero-order valence-electron chi connectivity index (χ0n) is 11.0. The van der Waals surface area contributed by atoms with Gasteiger partial charge < -0.3 is 15.7 Å². The van der Waals surface area contributed by atoms with Crippen molar-refractivity contribution in [1.82, 2.24) is 4.90 Å². The number of carbonyl (C=O) groups excluding carboxylic acids is 1. The second-order valence-electron chi connectivity index (χ2n) is 5.11. The lowest BCUT2D eigenvalue weighted by Gasteiger charge is -2.33. The van der Waals surface area contributed by atoms with Crippen molar-refractivity contribution in [1.29, 1.82) is 0 Å². The van der Waals surface area contributed by atoms with E-state index in [1.807, 2.05) is 0 Å². The number of aliphatic hydroxyl groups excluding tert-OH is 1. The number of piperidine rings is 1. The van der Waals surface area contributed by atoms with Crippen LogP contribution >= 0.6 is 0 Å². The highest BCUT2D eigenvalue weighted by Crippen LogP contribution is 2.23. The third-order valence-electron chi connectivity index (χ3n) is 3.73. The Hall–Kier alpha value is -1.62. The summed E-state index contributed by atoms with van der Waals surface area (Å²) in [5.74, 6) is -0.652. The molecular formula is C14H19FN2O2. The molecule has 0 bridgehead atoms. The molecule has 1 atom stereocenters. The van der Waals surface area contributed by atoms with Crippen LogP contribution in [0.1, 0.15) is 30.1 Å². The highest BCUT2D eigenvalue weighted by molar-refractivity contribution is 5.95. The van der Waals surface area contributed by atoms with Crippen molar-refractivity contribution in [3.8, 4) is 0 Å². The summed E-state index contributed by atoms with van der Waals surface area (Å²) >= 11 is 0. The first-order valence-electron chi connectivity index (χ1n) is 6.51. The predicted octanol–water partition coefficient (Wildman–Crippen LogP) is 1.64. The van der Waals surface area contributed by atoms with Gasteiger partial charge in [0.05, 0.1) is 11.7 Å². The molecule has 2 rings (SSSR count). The van der Waals surface area contributed by atoms with Gasteiger partial charge in [0, 0.05) is 18.8 Å². The molecule has 0 radical (unpaired) electrons. The Balaban J connectivity index is 2.07. The fourth-order valence-corrected chi connectivity index (χ4v) is 2.46. The normalized spacial score (nSPS) is 18.4. The van der Waals surface area contributed by atoms with Crippen LogP contribution in [0.5, 0.6) is 0 Å². The van der Waals surface area contributed by atoms with Gasteiger partial charge in [-0.05, 0) is 43.9 Å². The summed E-state index contributed by atoms with van der Waals surface area (Å²) in [6.07, 6.45) is 1.13. The number of carbonyl (C=O) groups is 1. The fourth-order valence-electron chi connectivity index (χ4n) is 2.46. The first kappa shape index (κ1) is 13.8. The third-order valence-corrected chi connectivity index (χ3v) is 3.73. The maximum atomic E-state index is 13.6. The summed E-state index contributed by atoms with van der Waals surface area (Å²) in [5, 5.41) is 9.52. The SMILES string of the molecule is CC(O)C1CCN(C(=O)c2cc(N)ccc2F)CC1. The second kappa shape index (κ2) is 5.57. The predicted molar refractivity (Wildman–Crippen MR) is 71.1 cm³/mol. The summed E-state index contributed by atoms with van der Waals surface area (Å²) in [7, 11) is 0. The van der Waals surface area contributed by atoms with Gasteiger partial charge in [0.2, 0.25) is 0 Å². The topological polar surface area (TPSA) is 66.6 Å². The van der Waals surface area contributed by atoms with Crippen molar-refractivity contribution in [2.24, 2.45) is 5.92 Å². The van der Waals surface area contributed by atoms with Crippen molar-refractivity contribution in [3.05, 3.63) is 29.6 Å². The minimum absolute atomic E-state index is 0.0236. The highest BCUT2D eigenvalue weighted by atomic mass is 19.1. The molecule has 19 heavy (non-hydrogen) atoms. The Kier molecular flexibility index (Phi) is 4.04. The maximum Gasteiger partial charge on any atom is 0.256 e. The number of amides is 1. The van der Waals surface area contributed by atoms with Crippen molar-refractivity contribution in [2.45, 2.75) is 25.9 Å². The van der Waals surface area contributed by atoms with E-state index in [4.69, 9.17) is 5.73 Å². The van der Waals surface area contributed by atoms with Crippen molar-refractivity contribution >= 4 is 11.6 Å². The third kappa shape index (κ3) is 3.04. The highest BCUT2D eigenvalue weighted by Gasteiger charge is 2.27. The number of nitrogen functional groups attached to an aromatic ring is 1. The van der Waals surface area contributed by atoms with E-state index in [2.05, 4.69) is 0 Å². The molecule has 0 aliphatic carbocycles. The van der Waals surface area contributed by atoms with Crippen LogP contribution in [0.3, 0.4) is 0 Å². The number of hydrogen-bond acceptors (Lipinski definition) is 3. The van der Waals surface area contributed by atoms with Gasteiger partial charge in [0.25, 0.3) is 5.91 Å². The van der Waals surface area contributed by atoms with Gasteiger partial charge in [-0.3, -0.25) is 4.79 Å². The van der Waals surface area contributed by atoms with Crippen LogP contribution < -0.4 is 5.73 Å². The molecule has 4 nitrogen and oxygen atoms in total. The van der Waals surface area contributed by atoms with Crippen molar-refractivity contribution in [2.75, 3.05) is 18.8 Å². The number of nitrogens with two attached hydrogens (primary N) is 1. The molecule has 5 heteroatoms. The second-order valence-corrected chi connectivity index (χ2v) is 5.11. The minimum Gasteiger partial charge on any atom is -0.399 e. The number of aliphatic hydroxyl groups is 1. The van der Waals surface area contributed by atoms with E-state index in [9.17, 15) is 14.3 Å². The molecule has 1 heterocycles. The number of hydrogen-bond donors (Lipinski definition) is 2. The average Bonchev–Trinajstić information content (AvgIpc) is 2.41. The smallest absolute Gasteiger partial charge is 0.256 e. The molecular weight excluding hydrogens is 247 g/mol. The molecule has 104 valence electrons. The zero-order chi connectivity index (χ0) is 14.0. The Bertz CT molecular complexity index is 469. The number of nitrogens with zero attached hydrogens (tertiary/aromatic N) is 1. The van der Waals surface area contributed by atoms with Crippen molar-refractivity contribution < 1.29 is 14.3 Å². The largest absolute Gasteiger partial charge is 0.399 e. The molecule has 1 aromatic rings. The van der Waals surface area contributed by atoms with E-state index in [0.717, 1.165) is 12.8 Å². The number of anilines is 1. The molecule has 1 fully saturated rings. The lowest BCUT2D eigenvalue weighted by atomic mass is 9.92. The van der Waals surface area contributed by atoms with Gasteiger partial charge in [0.15, 0.2) is 0 Å². The monoisotopic (exact) mass is 266 g/mol. The van der Waals surface area contributed by atoms with Gasteiger partial charge in [-0.1, -0.05) is 0 Å². The zero-order valence-corrected chi connectivity index (χ0v) is 11.0. The van der Waals surface area contributed by atoms with Crippen LogP contribution in [0, 0.1) is 11.7 Å². The average molecular weight is 266 g/mol. The Morgan fingerprint density at radius 3 is 2.68 bits per heavy atom. The van der Waals surface area contributed by atoms with Crippen LogP contribution in [-0.2, 0) is 0 Å². The molecule has 1 amide bonds. The van der Waals surface area contributed by atoms with Crippen LogP contribution in [0.4, 0.5) is 10.1 Å². The summed E-state index contributed by atoms with van der Waals surface area (Å²) in [4.78, 5) is 13.8. The van der Waals surface area contributed by atoms with Crippen LogP contribution in [0.25, 0.3) is 0 Å². The van der Waals surface area contributed by atoms with Gasteiger partial charge in [-0.15, -0.1) is 0 Å². The van der Waals surface area contributed by atoms with E-state index in [-0.39, 0.29) is 23.5 Å². The van der Waals surface area contributed by atoms with Crippen LogP contribution in [0.2, 0.25) is 0 Å². The quantitative estimate of drug-likeness (QED) is 0.800. The van der Waals surface area contributed by atoms with Gasteiger partial charge in [-0.25, -0.2) is 4.39 Å². The number of benzene rings is 1. The summed E-state index contributed by atoms with van der Waals surface area (Å²) in [6, 6.07) is 4.02. The fraction of sp³-hybridized carbons (Fsp3) is 0.500. The van der Waals surface area contributed by atoms with E-state index < -0.39 is 5.82 Å². The number of halogens is 1. The number of likely N-dealkylation sites (tertiary alicyclic amines) is 1. The van der Waals surface area contributed by atoms with Crippen LogP contribution in [0.15, 0.2) is 18.2 Å². The first-order valence-corrected chi connectivity index (χ1v) is 6.51. The Labute approximate surface area is 112 Å². The standard InChI is InChI=1S/C14H19FN2O2/c1-9(18)10-4-6-17(7-5-10)14(19)12-8-11(16)2-3-13(12)15/h2-3,8-10,18H,4-7,16H2,1H3. The molecule has 0 aromatic heterocycles. The molecule has 1 aliphatic heterocycles. The van der Waals surface area contributed by atoms with Gasteiger partial charge in [0.1, 0.15) is 5.82 Å². The summed E-state index contributed by atoms with van der Waals surface area (Å²) < 4.78 is 13.6. The molecule has 1 unspecified atom stereocenters. The van der Waals surface area contributed by atoms with Crippen molar-refractivity contribution in [3.63, 3.8) is 0 Å². The molecule has 1 aliphatic rings. The summed E-state index contributed by atoms with van der Waals surface area (Å²) in [6.45, 7) is 2.85. The minimum atomic E-state index is -0.545. The lowest BCUT2D eigenvalue weighted by Crippen LogP contribution is -2.41. The number of rotatable bonds is 2. The van der Waals surface area contributed by atoms with E-state index in [1.54, 1.807) is 11.8 Å². The van der Waals surface area contributed by atoms with Gasteiger partial charge >= 0.3 is 0 Å². The molecule has 3 N–H and O–H groups in total. The van der Waals surface area contributed by atoms with Crippen LogP contribution in [-0.4, -0.2) is 35.1 Å². The van der Waals surface area contributed by atoms with E-state index in [0.29, 0.717) is 18.8 Å². The van der Waals surface area contributed by atoms with Gasteiger partial charge in [-0.2, -0.15) is 0 Å².